The van der Waals surface area contributed by atoms with Gasteiger partial charge in [0, 0.05) is 19.0 Å². The van der Waals surface area contributed by atoms with Crippen LogP contribution in [0.3, 0.4) is 0 Å². The van der Waals surface area contributed by atoms with Crippen LogP contribution < -0.4 is 0 Å². The predicted molar refractivity (Wildman–Crippen MR) is 38.5 cm³/mol. The van der Waals surface area contributed by atoms with Gasteiger partial charge in [-0.2, -0.15) is 0 Å². The van der Waals surface area contributed by atoms with Crippen LogP contribution in [0.5, 0.6) is 0 Å². The lowest BCUT2D eigenvalue weighted by Crippen LogP contribution is -2.51. The molecule has 0 aromatic heterocycles. The molecule has 1 amide bonds. The molecule has 0 aromatic carbocycles. The number of carbonyl (C=O) groups excluding carboxylic acids is 1. The van der Waals surface area contributed by atoms with Gasteiger partial charge in [0.1, 0.15) is 0 Å². The molecular formula is C8H11NO. The molecule has 1 fully saturated rings. The van der Waals surface area contributed by atoms with Crippen molar-refractivity contribution in [2.24, 2.45) is 0 Å². The minimum absolute atomic E-state index is 0.341. The minimum Gasteiger partial charge on any atom is -0.339 e. The molecule has 0 aromatic rings. The topological polar surface area (TPSA) is 20.3 Å². The summed E-state index contributed by atoms with van der Waals surface area (Å²) in [5, 5.41) is 0. The van der Waals surface area contributed by atoms with Gasteiger partial charge in [0.2, 0.25) is 5.91 Å². The van der Waals surface area contributed by atoms with Crippen molar-refractivity contribution in [1.29, 1.82) is 0 Å². The molecule has 0 bridgehead atoms. The first-order chi connectivity index (χ1) is 4.88. The summed E-state index contributed by atoms with van der Waals surface area (Å²) in [6.45, 7) is 0.944. The average Bonchev–Trinajstić information content (AvgIpc) is 2.09. The Bertz CT molecular complexity index is 186. The highest BCUT2D eigenvalue weighted by molar-refractivity contribution is 5.83. The molecule has 2 heteroatoms. The Morgan fingerprint density at radius 1 is 1.50 bits per heavy atom. The van der Waals surface area contributed by atoms with E-state index in [1.54, 1.807) is 0 Å². The molecule has 10 heavy (non-hydrogen) atoms. The van der Waals surface area contributed by atoms with E-state index in [4.69, 9.17) is 0 Å². The molecule has 1 saturated heterocycles. The lowest BCUT2D eigenvalue weighted by Gasteiger charge is -2.39. The van der Waals surface area contributed by atoms with E-state index in [1.165, 1.54) is 0 Å². The van der Waals surface area contributed by atoms with Crippen molar-refractivity contribution in [2.75, 3.05) is 6.54 Å². The molecule has 0 unspecified atom stereocenters. The van der Waals surface area contributed by atoms with Crippen molar-refractivity contribution in [3.05, 3.63) is 12.2 Å². The van der Waals surface area contributed by atoms with E-state index in [-0.39, 0.29) is 0 Å². The SMILES string of the molecule is O=C1C[C@@H]2CC=CCCN12. The Morgan fingerprint density at radius 3 is 3.20 bits per heavy atom. The molecule has 0 aliphatic carbocycles. The van der Waals surface area contributed by atoms with Gasteiger partial charge >= 0.3 is 0 Å². The van der Waals surface area contributed by atoms with Crippen LogP contribution >= 0.6 is 0 Å². The third-order valence-electron chi connectivity index (χ3n) is 2.28. The summed E-state index contributed by atoms with van der Waals surface area (Å²) >= 11 is 0. The Kier molecular flexibility index (Phi) is 1.26. The first-order valence-corrected chi connectivity index (χ1v) is 3.82. The van der Waals surface area contributed by atoms with Crippen LogP contribution in [0.15, 0.2) is 12.2 Å². The third kappa shape index (κ3) is 0.753. The van der Waals surface area contributed by atoms with Crippen LogP contribution in [0.4, 0.5) is 0 Å². The maximum absolute atomic E-state index is 10.9. The quantitative estimate of drug-likeness (QED) is 0.359. The van der Waals surface area contributed by atoms with Crippen LogP contribution in [0.25, 0.3) is 0 Å². The number of hydrogen-bond donors (Lipinski definition) is 0. The van der Waals surface area contributed by atoms with Crippen molar-refractivity contribution in [3.63, 3.8) is 0 Å². The molecule has 2 aliphatic heterocycles. The zero-order valence-corrected chi connectivity index (χ0v) is 5.92. The normalized spacial score (nSPS) is 31.0. The number of β-lactam (4-membered cyclic amide) rings is 1. The van der Waals surface area contributed by atoms with Crippen molar-refractivity contribution >= 4 is 5.91 Å². The Labute approximate surface area is 60.5 Å². The van der Waals surface area contributed by atoms with Gasteiger partial charge in [-0.05, 0) is 12.8 Å². The lowest BCUT2D eigenvalue weighted by atomic mass is 10.00. The molecule has 0 radical (unpaired) electrons. The summed E-state index contributed by atoms with van der Waals surface area (Å²) in [5.41, 5.74) is 0. The van der Waals surface area contributed by atoms with Gasteiger partial charge in [-0.3, -0.25) is 4.79 Å². The summed E-state index contributed by atoms with van der Waals surface area (Å²) in [5.74, 6) is 0.341. The summed E-state index contributed by atoms with van der Waals surface area (Å²) < 4.78 is 0. The van der Waals surface area contributed by atoms with Crippen LogP contribution in [0.1, 0.15) is 19.3 Å². The second kappa shape index (κ2) is 2.11. The Balaban J connectivity index is 2.05. The monoisotopic (exact) mass is 137 g/mol. The molecule has 2 heterocycles. The summed E-state index contributed by atoms with van der Waals surface area (Å²) in [6, 6.07) is 0.547. The fourth-order valence-electron chi connectivity index (χ4n) is 1.62. The smallest absolute Gasteiger partial charge is 0.224 e. The van der Waals surface area contributed by atoms with Gasteiger partial charge in [0.15, 0.2) is 0 Å². The molecule has 2 nitrogen and oxygen atoms in total. The van der Waals surface area contributed by atoms with E-state index < -0.39 is 0 Å². The Hall–Kier alpha value is -0.790. The highest BCUT2D eigenvalue weighted by atomic mass is 16.2. The fraction of sp³-hybridized carbons (Fsp3) is 0.625. The number of fused-ring (bicyclic) bond motifs is 1. The molecular weight excluding hydrogens is 126 g/mol. The summed E-state index contributed by atoms with van der Waals surface area (Å²) in [6.07, 6.45) is 7.26. The van der Waals surface area contributed by atoms with Gasteiger partial charge < -0.3 is 4.90 Å². The fourth-order valence-corrected chi connectivity index (χ4v) is 1.62. The van der Waals surface area contributed by atoms with Crippen LogP contribution in [-0.2, 0) is 4.79 Å². The van der Waals surface area contributed by atoms with Crippen LogP contribution in [0, 0.1) is 0 Å². The van der Waals surface area contributed by atoms with Crippen molar-refractivity contribution in [2.45, 2.75) is 25.3 Å². The van der Waals surface area contributed by atoms with E-state index >= 15 is 0 Å². The van der Waals surface area contributed by atoms with Gasteiger partial charge in [0.25, 0.3) is 0 Å². The zero-order valence-electron chi connectivity index (χ0n) is 5.92. The van der Waals surface area contributed by atoms with Crippen molar-refractivity contribution in [1.82, 2.24) is 4.90 Å². The van der Waals surface area contributed by atoms with Gasteiger partial charge in [-0.1, -0.05) is 12.2 Å². The second-order valence-corrected chi connectivity index (χ2v) is 2.94. The number of rotatable bonds is 0. The second-order valence-electron chi connectivity index (χ2n) is 2.94. The van der Waals surface area contributed by atoms with E-state index in [0.29, 0.717) is 11.9 Å². The third-order valence-corrected chi connectivity index (χ3v) is 2.28. The molecule has 1 atom stereocenters. The molecule has 2 rings (SSSR count). The largest absolute Gasteiger partial charge is 0.339 e. The first-order valence-electron chi connectivity index (χ1n) is 3.82. The highest BCUT2D eigenvalue weighted by Gasteiger charge is 2.34. The van der Waals surface area contributed by atoms with E-state index in [2.05, 4.69) is 12.2 Å². The van der Waals surface area contributed by atoms with Crippen LogP contribution in [0.2, 0.25) is 0 Å². The predicted octanol–water partition coefficient (Wildman–Crippen LogP) is 0.937. The molecule has 0 N–H and O–H groups in total. The summed E-state index contributed by atoms with van der Waals surface area (Å²) in [4.78, 5) is 12.9. The highest BCUT2D eigenvalue weighted by Crippen LogP contribution is 2.24. The lowest BCUT2D eigenvalue weighted by molar-refractivity contribution is -0.145. The molecule has 0 saturated carbocycles. The van der Waals surface area contributed by atoms with Crippen molar-refractivity contribution < 1.29 is 4.79 Å². The molecule has 54 valence electrons. The number of hydrogen-bond acceptors (Lipinski definition) is 1. The number of amides is 1. The average molecular weight is 137 g/mol. The van der Waals surface area contributed by atoms with Gasteiger partial charge in [0.05, 0.1) is 0 Å². The molecule has 0 spiro atoms. The zero-order chi connectivity index (χ0) is 6.97. The van der Waals surface area contributed by atoms with Crippen molar-refractivity contribution in [3.8, 4) is 0 Å². The number of nitrogens with zero attached hydrogens (tertiary/aromatic N) is 1. The standard InChI is InChI=1S/C8H11NO/c10-8-6-7-4-2-1-3-5-9(7)8/h1-2,7H,3-6H2/t7-/m0/s1. The van der Waals surface area contributed by atoms with E-state index in [0.717, 1.165) is 25.8 Å². The minimum atomic E-state index is 0.341. The number of carbonyl (C=O) groups is 1. The van der Waals surface area contributed by atoms with Gasteiger partial charge in [-0.25, -0.2) is 0 Å². The maximum atomic E-state index is 10.9. The molecule has 2 aliphatic rings. The first kappa shape index (κ1) is 5.96. The van der Waals surface area contributed by atoms with E-state index in [9.17, 15) is 4.79 Å². The van der Waals surface area contributed by atoms with Crippen LogP contribution in [-0.4, -0.2) is 23.4 Å². The summed E-state index contributed by atoms with van der Waals surface area (Å²) in [7, 11) is 0. The Morgan fingerprint density at radius 2 is 2.40 bits per heavy atom. The van der Waals surface area contributed by atoms with Gasteiger partial charge in [-0.15, -0.1) is 0 Å². The van der Waals surface area contributed by atoms with E-state index in [1.807, 2.05) is 4.90 Å². The maximum Gasteiger partial charge on any atom is 0.224 e.